The molecule has 0 spiro atoms. The lowest BCUT2D eigenvalue weighted by Gasteiger charge is -2.05. The minimum absolute atomic E-state index is 0.362. The summed E-state index contributed by atoms with van der Waals surface area (Å²) in [6.45, 7) is 2.14. The second kappa shape index (κ2) is 6.33. The number of nitrogens with zero attached hydrogens (tertiary/aromatic N) is 1. The van der Waals surface area contributed by atoms with Crippen LogP contribution in [0.3, 0.4) is 0 Å². The average Bonchev–Trinajstić information content (AvgIpc) is 2.31. The van der Waals surface area contributed by atoms with Crippen LogP contribution in [-0.2, 0) is 9.53 Å². The van der Waals surface area contributed by atoms with Gasteiger partial charge in [-0.05, 0) is 25.3 Å². The minimum Gasteiger partial charge on any atom is -0.461 e. The van der Waals surface area contributed by atoms with E-state index in [1.807, 2.05) is 30.5 Å². The van der Waals surface area contributed by atoms with Crippen molar-refractivity contribution < 1.29 is 9.53 Å². The number of thioether (sulfide) groups is 1. The molecule has 0 heterocycles. The zero-order valence-electron chi connectivity index (χ0n) is 9.69. The van der Waals surface area contributed by atoms with Crippen LogP contribution in [0.2, 0.25) is 0 Å². The molecule has 0 radical (unpaired) electrons. The average molecular weight is 237 g/mol. The predicted molar refractivity (Wildman–Crippen MR) is 67.3 cm³/mol. The van der Waals surface area contributed by atoms with Crippen molar-refractivity contribution >= 4 is 23.4 Å². The maximum absolute atomic E-state index is 11.6. The van der Waals surface area contributed by atoms with Gasteiger partial charge in [0.25, 0.3) is 0 Å². The Labute approximate surface area is 99.9 Å². The van der Waals surface area contributed by atoms with Crippen molar-refractivity contribution in [1.29, 1.82) is 0 Å². The molecule has 0 fully saturated rings. The number of hydrogen-bond donors (Lipinski definition) is 0. The molecule has 3 nitrogen and oxygen atoms in total. The van der Waals surface area contributed by atoms with Gasteiger partial charge < -0.3 is 4.74 Å². The molecule has 1 aromatic carbocycles. The SMILES string of the molecule is CCOC(=O)C(=NC)c1ccc(SC)cc1. The standard InChI is InChI=1S/C12H15NO2S/c1-4-15-12(14)11(13-2)9-5-7-10(16-3)8-6-9/h5-8H,4H2,1-3H3. The molecule has 0 aliphatic rings. The molecule has 0 saturated heterocycles. The Balaban J connectivity index is 2.92. The second-order valence-corrected chi connectivity index (χ2v) is 3.90. The number of benzene rings is 1. The van der Waals surface area contributed by atoms with Crippen LogP contribution < -0.4 is 0 Å². The summed E-state index contributed by atoms with van der Waals surface area (Å²) in [5.74, 6) is -0.373. The summed E-state index contributed by atoms with van der Waals surface area (Å²) in [5, 5.41) is 0. The number of hydrogen-bond acceptors (Lipinski definition) is 4. The summed E-state index contributed by atoms with van der Waals surface area (Å²) in [6.07, 6.45) is 2.01. The predicted octanol–water partition coefficient (Wildman–Crippen LogP) is 2.39. The maximum atomic E-state index is 11.6. The quantitative estimate of drug-likeness (QED) is 0.458. The van der Waals surface area contributed by atoms with Gasteiger partial charge >= 0.3 is 5.97 Å². The number of aliphatic imine (C=N–C) groups is 1. The molecule has 1 rings (SSSR count). The first-order valence-corrected chi connectivity index (χ1v) is 6.23. The molecule has 86 valence electrons. The summed E-state index contributed by atoms with van der Waals surface area (Å²) in [5.41, 5.74) is 1.16. The van der Waals surface area contributed by atoms with Gasteiger partial charge in [-0.3, -0.25) is 4.99 Å². The summed E-state index contributed by atoms with van der Waals surface area (Å²) in [7, 11) is 1.59. The second-order valence-electron chi connectivity index (χ2n) is 3.02. The fourth-order valence-corrected chi connectivity index (χ4v) is 1.69. The Morgan fingerprint density at radius 1 is 1.38 bits per heavy atom. The Kier molecular flexibility index (Phi) is 5.05. The molecule has 0 amide bonds. The molecule has 0 bridgehead atoms. The number of carbonyl (C=O) groups is 1. The summed E-state index contributed by atoms with van der Waals surface area (Å²) in [6, 6.07) is 7.69. The first kappa shape index (κ1) is 12.8. The van der Waals surface area contributed by atoms with Crippen LogP contribution >= 0.6 is 11.8 Å². The van der Waals surface area contributed by atoms with E-state index in [-0.39, 0.29) is 5.97 Å². The Bertz CT molecular complexity index is 385. The summed E-state index contributed by atoms with van der Waals surface area (Å²) in [4.78, 5) is 16.7. The van der Waals surface area contributed by atoms with Gasteiger partial charge in [0, 0.05) is 17.5 Å². The molecule has 0 saturated carbocycles. The minimum atomic E-state index is -0.373. The molecule has 0 unspecified atom stereocenters. The van der Waals surface area contributed by atoms with E-state index in [0.717, 1.165) is 10.5 Å². The fraction of sp³-hybridized carbons (Fsp3) is 0.333. The fourth-order valence-electron chi connectivity index (χ4n) is 1.29. The molecule has 1 aromatic rings. The van der Waals surface area contributed by atoms with Crippen molar-refractivity contribution in [1.82, 2.24) is 0 Å². The normalized spacial score (nSPS) is 11.3. The van der Waals surface area contributed by atoms with Gasteiger partial charge in [0.2, 0.25) is 0 Å². The van der Waals surface area contributed by atoms with Crippen LogP contribution in [0.4, 0.5) is 0 Å². The first-order valence-electron chi connectivity index (χ1n) is 5.01. The lowest BCUT2D eigenvalue weighted by Crippen LogP contribution is -2.18. The molecular formula is C12H15NO2S. The van der Waals surface area contributed by atoms with Crippen molar-refractivity contribution in [3.63, 3.8) is 0 Å². The first-order chi connectivity index (χ1) is 7.72. The molecule has 4 heteroatoms. The molecule has 0 aliphatic heterocycles. The third kappa shape index (κ3) is 3.10. The molecule has 0 N–H and O–H groups in total. The number of ether oxygens (including phenoxy) is 1. The van der Waals surface area contributed by atoms with Crippen LogP contribution in [-0.4, -0.2) is 31.6 Å². The highest BCUT2D eigenvalue weighted by Gasteiger charge is 2.13. The molecule has 0 aliphatic carbocycles. The van der Waals surface area contributed by atoms with Crippen molar-refractivity contribution in [2.24, 2.45) is 4.99 Å². The van der Waals surface area contributed by atoms with E-state index < -0.39 is 0 Å². The summed E-state index contributed by atoms with van der Waals surface area (Å²) < 4.78 is 4.93. The maximum Gasteiger partial charge on any atom is 0.357 e. The van der Waals surface area contributed by atoms with Crippen molar-refractivity contribution in [3.05, 3.63) is 29.8 Å². The molecule has 16 heavy (non-hydrogen) atoms. The highest BCUT2D eigenvalue weighted by atomic mass is 32.2. The topological polar surface area (TPSA) is 38.7 Å². The number of esters is 1. The smallest absolute Gasteiger partial charge is 0.357 e. The van der Waals surface area contributed by atoms with E-state index in [2.05, 4.69) is 4.99 Å². The third-order valence-corrected chi connectivity index (χ3v) is 2.80. The molecule has 0 atom stereocenters. The van der Waals surface area contributed by atoms with Gasteiger partial charge in [-0.1, -0.05) is 12.1 Å². The van der Waals surface area contributed by atoms with Crippen molar-refractivity contribution in [2.45, 2.75) is 11.8 Å². The van der Waals surface area contributed by atoms with Gasteiger partial charge in [0.05, 0.1) is 6.61 Å². The number of carbonyl (C=O) groups excluding carboxylic acids is 1. The lowest BCUT2D eigenvalue weighted by atomic mass is 10.1. The van der Waals surface area contributed by atoms with E-state index in [1.54, 1.807) is 25.7 Å². The zero-order chi connectivity index (χ0) is 12.0. The van der Waals surface area contributed by atoms with Gasteiger partial charge in [-0.15, -0.1) is 11.8 Å². The van der Waals surface area contributed by atoms with E-state index in [4.69, 9.17) is 4.74 Å². The van der Waals surface area contributed by atoms with Crippen LogP contribution in [0.1, 0.15) is 12.5 Å². The van der Waals surface area contributed by atoms with Crippen molar-refractivity contribution in [2.75, 3.05) is 19.9 Å². The van der Waals surface area contributed by atoms with Crippen LogP contribution in [0.25, 0.3) is 0 Å². The monoisotopic (exact) mass is 237 g/mol. The Hall–Kier alpha value is -1.29. The van der Waals surface area contributed by atoms with E-state index in [1.165, 1.54) is 0 Å². The Morgan fingerprint density at radius 3 is 2.44 bits per heavy atom. The molecular weight excluding hydrogens is 222 g/mol. The van der Waals surface area contributed by atoms with Crippen molar-refractivity contribution in [3.8, 4) is 0 Å². The van der Waals surface area contributed by atoms with E-state index in [0.29, 0.717) is 12.3 Å². The summed E-state index contributed by atoms with van der Waals surface area (Å²) >= 11 is 1.66. The largest absolute Gasteiger partial charge is 0.461 e. The zero-order valence-corrected chi connectivity index (χ0v) is 10.5. The highest BCUT2D eigenvalue weighted by Crippen LogP contribution is 2.15. The highest BCUT2D eigenvalue weighted by molar-refractivity contribution is 7.98. The van der Waals surface area contributed by atoms with Gasteiger partial charge in [0.1, 0.15) is 5.71 Å². The lowest BCUT2D eigenvalue weighted by molar-refractivity contribution is -0.134. The van der Waals surface area contributed by atoms with Gasteiger partial charge in [-0.2, -0.15) is 0 Å². The number of rotatable bonds is 4. The molecule has 0 aromatic heterocycles. The van der Waals surface area contributed by atoms with Crippen LogP contribution in [0.5, 0.6) is 0 Å². The third-order valence-electron chi connectivity index (χ3n) is 2.06. The van der Waals surface area contributed by atoms with Gasteiger partial charge in [-0.25, -0.2) is 4.79 Å². The van der Waals surface area contributed by atoms with Crippen LogP contribution in [0, 0.1) is 0 Å². The Morgan fingerprint density at radius 2 is 2.00 bits per heavy atom. The van der Waals surface area contributed by atoms with E-state index >= 15 is 0 Å². The van der Waals surface area contributed by atoms with Crippen LogP contribution in [0.15, 0.2) is 34.2 Å². The van der Waals surface area contributed by atoms with E-state index in [9.17, 15) is 4.79 Å². The van der Waals surface area contributed by atoms with Gasteiger partial charge in [0.15, 0.2) is 0 Å².